The quantitative estimate of drug-likeness (QED) is 0.209. The summed E-state index contributed by atoms with van der Waals surface area (Å²) in [5.74, 6) is -0.344. The number of aromatic amines is 1. The number of ketones is 1. The summed E-state index contributed by atoms with van der Waals surface area (Å²) in [5, 5.41) is 8.03. The lowest BCUT2D eigenvalue weighted by molar-refractivity contribution is -0.128. The Labute approximate surface area is 246 Å². The summed E-state index contributed by atoms with van der Waals surface area (Å²) >= 11 is 0. The third-order valence-electron chi connectivity index (χ3n) is 7.39. The van der Waals surface area contributed by atoms with Crippen molar-refractivity contribution in [2.24, 2.45) is 0 Å². The number of methoxy groups -OCH3 is 1. The molecule has 5 heterocycles. The average molecular weight is 580 g/mol. The van der Waals surface area contributed by atoms with Crippen molar-refractivity contribution in [3.63, 3.8) is 0 Å². The minimum absolute atomic E-state index is 0.100. The van der Waals surface area contributed by atoms with Crippen LogP contribution in [0.4, 0.5) is 5.95 Å². The molecule has 0 radical (unpaired) electrons. The highest BCUT2D eigenvalue weighted by molar-refractivity contribution is 6.45. The van der Waals surface area contributed by atoms with Crippen molar-refractivity contribution in [2.45, 2.75) is 19.5 Å². The number of aromatic nitrogens is 6. The molecule has 0 bridgehead atoms. The van der Waals surface area contributed by atoms with Crippen molar-refractivity contribution in [1.82, 2.24) is 39.5 Å². The average Bonchev–Trinajstić information content (AvgIpc) is 3.71. The Bertz CT molecular complexity index is 1790. The highest BCUT2D eigenvalue weighted by atomic mass is 16.5. The molecule has 2 amide bonds. The van der Waals surface area contributed by atoms with Crippen molar-refractivity contribution in [3.05, 3.63) is 90.3 Å². The summed E-state index contributed by atoms with van der Waals surface area (Å²) in [6.45, 7) is 3.16. The van der Waals surface area contributed by atoms with E-state index in [2.05, 4.69) is 30.4 Å². The molecule has 1 aliphatic heterocycles. The van der Waals surface area contributed by atoms with Crippen LogP contribution in [-0.4, -0.2) is 89.9 Å². The number of benzene rings is 1. The number of carbonyl (C=O) groups is 3. The van der Waals surface area contributed by atoms with Crippen LogP contribution in [0.25, 0.3) is 16.7 Å². The fourth-order valence-electron chi connectivity index (χ4n) is 5.19. The number of nitrogens with one attached hydrogen (secondary N) is 2. The van der Waals surface area contributed by atoms with Gasteiger partial charge >= 0.3 is 0 Å². The summed E-state index contributed by atoms with van der Waals surface area (Å²) in [6, 6.07) is 12.5. The van der Waals surface area contributed by atoms with Gasteiger partial charge in [0, 0.05) is 56.4 Å². The molecule has 13 heteroatoms. The van der Waals surface area contributed by atoms with Gasteiger partial charge in [-0.3, -0.25) is 19.4 Å². The number of H-pyrrole nitrogens is 1. The number of hydrogen-bond acceptors (Lipinski definition) is 9. The SMILES string of the molecule is COc1cnc(-n2cnc(NCc3cccnc3)n2)c2[nH]cc(C(=O)C(=O)N3CCN(C(=O)c4ccccc4)C(C)C3)c12. The number of pyridine rings is 2. The van der Waals surface area contributed by atoms with E-state index in [1.807, 2.05) is 37.3 Å². The standard InChI is InChI=1S/C30H29N9O4/c1-19-17-37(11-12-38(19)28(41)21-8-4-3-5-9-21)29(42)26(40)22-15-32-25-24(22)23(43-2)16-33-27(25)39-18-35-30(36-39)34-14-20-7-6-10-31-13-20/h3-10,13,15-16,18-19,32H,11-12,14,17H2,1-2H3,(H,34,36). The van der Waals surface area contributed by atoms with Crippen LogP contribution in [0, 0.1) is 0 Å². The summed E-state index contributed by atoms with van der Waals surface area (Å²) in [4.78, 5) is 59.2. The first kappa shape index (κ1) is 27.6. The minimum Gasteiger partial charge on any atom is -0.494 e. The van der Waals surface area contributed by atoms with Crippen LogP contribution in [0.5, 0.6) is 5.75 Å². The molecule has 1 aliphatic rings. The molecule has 2 N–H and O–H groups in total. The number of piperazine rings is 1. The number of anilines is 1. The predicted molar refractivity (Wildman–Crippen MR) is 157 cm³/mol. The molecule has 0 saturated carbocycles. The smallest absolute Gasteiger partial charge is 0.295 e. The number of nitrogens with zero attached hydrogens (tertiary/aromatic N) is 7. The molecule has 1 unspecified atom stereocenters. The van der Waals surface area contributed by atoms with E-state index in [4.69, 9.17) is 4.74 Å². The molecule has 43 heavy (non-hydrogen) atoms. The first-order chi connectivity index (χ1) is 20.9. The van der Waals surface area contributed by atoms with E-state index in [9.17, 15) is 14.4 Å². The van der Waals surface area contributed by atoms with Gasteiger partial charge in [-0.05, 0) is 30.7 Å². The van der Waals surface area contributed by atoms with Crippen LogP contribution in [0.15, 0.2) is 73.6 Å². The van der Waals surface area contributed by atoms with E-state index in [1.165, 1.54) is 35.4 Å². The highest BCUT2D eigenvalue weighted by Gasteiger charge is 2.34. The lowest BCUT2D eigenvalue weighted by atomic mass is 10.1. The van der Waals surface area contributed by atoms with Gasteiger partial charge in [0.05, 0.1) is 29.8 Å². The highest BCUT2D eigenvalue weighted by Crippen LogP contribution is 2.32. The molecule has 1 saturated heterocycles. The summed E-state index contributed by atoms with van der Waals surface area (Å²) in [5.41, 5.74) is 2.18. The topological polar surface area (TPSA) is 151 Å². The number of Topliss-reactive ketones (excluding diaryl/α,β-unsaturated/α-hetero) is 1. The fraction of sp³-hybridized carbons (Fsp3) is 0.233. The zero-order chi connectivity index (χ0) is 29.9. The van der Waals surface area contributed by atoms with E-state index < -0.39 is 11.7 Å². The Balaban J connectivity index is 1.21. The maximum absolute atomic E-state index is 13.6. The molecule has 4 aromatic heterocycles. The second kappa shape index (κ2) is 11.7. The molecule has 5 aromatic rings. The van der Waals surface area contributed by atoms with Gasteiger partial charge in [-0.2, -0.15) is 4.68 Å². The summed E-state index contributed by atoms with van der Waals surface area (Å²) in [7, 11) is 1.47. The van der Waals surface area contributed by atoms with Gasteiger partial charge in [0.2, 0.25) is 5.95 Å². The second-order valence-electron chi connectivity index (χ2n) is 10.1. The molecule has 6 rings (SSSR count). The van der Waals surface area contributed by atoms with Gasteiger partial charge in [0.25, 0.3) is 17.6 Å². The Morgan fingerprint density at radius 2 is 1.91 bits per heavy atom. The van der Waals surface area contributed by atoms with Crippen LogP contribution in [0.1, 0.15) is 33.2 Å². The third-order valence-corrected chi connectivity index (χ3v) is 7.39. The van der Waals surface area contributed by atoms with Crippen LogP contribution in [0.3, 0.4) is 0 Å². The van der Waals surface area contributed by atoms with Gasteiger partial charge in [0.15, 0.2) is 5.82 Å². The Kier molecular flexibility index (Phi) is 7.52. The van der Waals surface area contributed by atoms with E-state index in [-0.39, 0.29) is 30.6 Å². The van der Waals surface area contributed by atoms with E-state index in [0.717, 1.165) is 5.56 Å². The molecule has 1 atom stereocenters. The van der Waals surface area contributed by atoms with Gasteiger partial charge in [0.1, 0.15) is 12.1 Å². The van der Waals surface area contributed by atoms with Gasteiger partial charge in [-0.1, -0.05) is 24.3 Å². The first-order valence-electron chi connectivity index (χ1n) is 13.7. The summed E-state index contributed by atoms with van der Waals surface area (Å²) in [6.07, 6.45) is 7.92. The van der Waals surface area contributed by atoms with Crippen molar-refractivity contribution >= 4 is 34.4 Å². The predicted octanol–water partition coefficient (Wildman–Crippen LogP) is 2.72. The normalized spacial score (nSPS) is 15.0. The number of ether oxygens (including phenoxy) is 1. The van der Waals surface area contributed by atoms with Crippen molar-refractivity contribution in [3.8, 4) is 11.6 Å². The maximum atomic E-state index is 13.6. The maximum Gasteiger partial charge on any atom is 0.295 e. The molecule has 0 aliphatic carbocycles. The molecule has 0 spiro atoms. The van der Waals surface area contributed by atoms with E-state index >= 15 is 0 Å². The molecular weight excluding hydrogens is 550 g/mol. The number of fused-ring (bicyclic) bond motifs is 1. The largest absolute Gasteiger partial charge is 0.494 e. The number of rotatable bonds is 8. The van der Waals surface area contributed by atoms with Crippen LogP contribution < -0.4 is 10.1 Å². The Morgan fingerprint density at radius 3 is 2.65 bits per heavy atom. The zero-order valence-corrected chi connectivity index (χ0v) is 23.6. The monoisotopic (exact) mass is 579 g/mol. The Hall–Kier alpha value is -5.59. The number of carbonyl (C=O) groups excluding carboxylic acids is 3. The van der Waals surface area contributed by atoms with Gasteiger partial charge in [-0.25, -0.2) is 9.97 Å². The van der Waals surface area contributed by atoms with Crippen LogP contribution in [0.2, 0.25) is 0 Å². The minimum atomic E-state index is -0.686. The molecular formula is C30H29N9O4. The molecule has 1 aromatic carbocycles. The molecule has 218 valence electrons. The van der Waals surface area contributed by atoms with Gasteiger partial charge < -0.3 is 24.8 Å². The van der Waals surface area contributed by atoms with Crippen LogP contribution in [-0.2, 0) is 11.3 Å². The van der Waals surface area contributed by atoms with Crippen LogP contribution >= 0.6 is 0 Å². The fourth-order valence-corrected chi connectivity index (χ4v) is 5.19. The summed E-state index contributed by atoms with van der Waals surface area (Å²) < 4.78 is 6.99. The lowest BCUT2D eigenvalue weighted by Crippen LogP contribution is -2.56. The number of hydrogen-bond donors (Lipinski definition) is 2. The van der Waals surface area contributed by atoms with Crippen molar-refractivity contribution in [1.29, 1.82) is 0 Å². The van der Waals surface area contributed by atoms with E-state index in [0.29, 0.717) is 47.1 Å². The third kappa shape index (κ3) is 5.39. The van der Waals surface area contributed by atoms with Gasteiger partial charge in [-0.15, -0.1) is 5.10 Å². The number of amides is 2. The first-order valence-corrected chi connectivity index (χ1v) is 13.7. The Morgan fingerprint density at radius 1 is 1.07 bits per heavy atom. The van der Waals surface area contributed by atoms with Crippen molar-refractivity contribution < 1.29 is 19.1 Å². The second-order valence-corrected chi connectivity index (χ2v) is 10.1. The lowest BCUT2D eigenvalue weighted by Gasteiger charge is -2.39. The van der Waals surface area contributed by atoms with E-state index in [1.54, 1.807) is 29.4 Å². The molecule has 1 fully saturated rings. The zero-order valence-electron chi connectivity index (χ0n) is 23.6. The molecule has 13 nitrogen and oxygen atoms in total. The van der Waals surface area contributed by atoms with Crippen molar-refractivity contribution in [2.75, 3.05) is 32.1 Å².